The minimum absolute atomic E-state index is 0.0482. The van der Waals surface area contributed by atoms with Crippen LogP contribution in [0.15, 0.2) is 17.3 Å². The second-order valence-corrected chi connectivity index (χ2v) is 3.09. The van der Waals surface area contributed by atoms with Crippen LogP contribution in [-0.4, -0.2) is 13.1 Å². The summed E-state index contributed by atoms with van der Waals surface area (Å²) in [5.41, 5.74) is 0.931. The lowest BCUT2D eigenvalue weighted by molar-refractivity contribution is 0.0600. The third-order valence-corrected chi connectivity index (χ3v) is 2.25. The number of carbonyl (C=O) groups is 1. The van der Waals surface area contributed by atoms with Gasteiger partial charge < -0.3 is 4.74 Å². The van der Waals surface area contributed by atoms with Gasteiger partial charge in [0.25, 0.3) is 0 Å². The monoisotopic (exact) mass is 213 g/mol. The summed E-state index contributed by atoms with van der Waals surface area (Å²) in [4.78, 5) is 21.5. The van der Waals surface area contributed by atoms with Crippen LogP contribution >= 0.6 is 11.6 Å². The molecule has 1 aromatic carbocycles. The Kier molecular flexibility index (Phi) is 3.19. The van der Waals surface area contributed by atoms with Gasteiger partial charge in [-0.1, -0.05) is 11.6 Å². The summed E-state index contributed by atoms with van der Waals surface area (Å²) in [6.45, 7) is 1.68. The summed E-state index contributed by atoms with van der Waals surface area (Å²) < 4.78 is 4.50. The minimum Gasteiger partial charge on any atom is -0.465 e. The van der Waals surface area contributed by atoms with Crippen molar-refractivity contribution in [2.24, 2.45) is 5.18 Å². The number of ether oxygens (including phenoxy) is 1. The number of methoxy groups -OCH3 is 1. The molecule has 5 heteroatoms. The lowest BCUT2D eigenvalue weighted by Crippen LogP contribution is -2.01. The van der Waals surface area contributed by atoms with Crippen molar-refractivity contribution >= 4 is 23.3 Å². The highest BCUT2D eigenvalue weighted by molar-refractivity contribution is 6.33. The zero-order chi connectivity index (χ0) is 10.7. The predicted molar refractivity (Wildman–Crippen MR) is 53.0 cm³/mol. The van der Waals surface area contributed by atoms with Gasteiger partial charge in [0.15, 0.2) is 0 Å². The molecular weight excluding hydrogens is 206 g/mol. The van der Waals surface area contributed by atoms with Gasteiger partial charge in [0.2, 0.25) is 0 Å². The summed E-state index contributed by atoms with van der Waals surface area (Å²) in [6, 6.07) is 2.84. The van der Waals surface area contributed by atoms with Crippen molar-refractivity contribution in [2.75, 3.05) is 7.11 Å². The summed E-state index contributed by atoms with van der Waals surface area (Å²) in [5, 5.41) is 2.98. The van der Waals surface area contributed by atoms with Gasteiger partial charge in [0.05, 0.1) is 17.7 Å². The normalized spacial score (nSPS) is 9.64. The van der Waals surface area contributed by atoms with Crippen LogP contribution in [0.2, 0.25) is 5.02 Å². The number of halogens is 1. The second-order valence-electron chi connectivity index (χ2n) is 2.71. The summed E-state index contributed by atoms with van der Waals surface area (Å²) in [5.74, 6) is -0.519. The van der Waals surface area contributed by atoms with Crippen molar-refractivity contribution in [3.63, 3.8) is 0 Å². The predicted octanol–water partition coefficient (Wildman–Crippen LogP) is 2.83. The molecule has 0 atom stereocenters. The van der Waals surface area contributed by atoms with Crippen LogP contribution in [0.5, 0.6) is 0 Å². The SMILES string of the molecule is COC(=O)c1cc(C)c(Cl)c(N=O)c1. The van der Waals surface area contributed by atoms with Crippen LogP contribution in [0.4, 0.5) is 5.69 Å². The largest absolute Gasteiger partial charge is 0.465 e. The Morgan fingerprint density at radius 3 is 2.64 bits per heavy atom. The molecule has 14 heavy (non-hydrogen) atoms. The molecule has 0 aromatic heterocycles. The molecule has 0 heterocycles. The molecular formula is C9H8ClNO3. The van der Waals surface area contributed by atoms with Gasteiger partial charge in [-0.15, -0.1) is 4.91 Å². The Bertz CT molecular complexity index is 390. The molecule has 0 spiro atoms. The Hall–Kier alpha value is -1.42. The van der Waals surface area contributed by atoms with Gasteiger partial charge >= 0.3 is 5.97 Å². The average Bonchev–Trinajstić information content (AvgIpc) is 2.20. The van der Waals surface area contributed by atoms with E-state index in [2.05, 4.69) is 9.91 Å². The van der Waals surface area contributed by atoms with E-state index in [-0.39, 0.29) is 16.3 Å². The van der Waals surface area contributed by atoms with E-state index in [0.29, 0.717) is 5.56 Å². The third kappa shape index (κ3) is 1.90. The average molecular weight is 214 g/mol. The number of esters is 1. The van der Waals surface area contributed by atoms with Crippen LogP contribution in [0.25, 0.3) is 0 Å². The van der Waals surface area contributed by atoms with Gasteiger partial charge in [-0.3, -0.25) is 0 Å². The van der Waals surface area contributed by atoms with E-state index >= 15 is 0 Å². The molecule has 0 amide bonds. The van der Waals surface area contributed by atoms with Crippen LogP contribution in [-0.2, 0) is 4.74 Å². The van der Waals surface area contributed by atoms with Crippen molar-refractivity contribution in [3.05, 3.63) is 33.2 Å². The first-order chi connectivity index (χ1) is 6.60. The molecule has 4 nitrogen and oxygen atoms in total. The van der Waals surface area contributed by atoms with Gasteiger partial charge in [0.1, 0.15) is 5.69 Å². The molecule has 1 aromatic rings. The molecule has 0 N–H and O–H groups in total. The molecule has 74 valence electrons. The molecule has 0 radical (unpaired) electrons. The zero-order valence-corrected chi connectivity index (χ0v) is 8.46. The van der Waals surface area contributed by atoms with Gasteiger partial charge in [-0.05, 0) is 29.8 Å². The fourth-order valence-corrected chi connectivity index (χ4v) is 1.20. The molecule has 0 aliphatic rings. The maximum absolute atomic E-state index is 11.1. The maximum atomic E-state index is 11.1. The van der Waals surface area contributed by atoms with Crippen molar-refractivity contribution in [3.8, 4) is 0 Å². The van der Waals surface area contributed by atoms with Crippen LogP contribution in [0.3, 0.4) is 0 Å². The first-order valence-electron chi connectivity index (χ1n) is 3.82. The van der Waals surface area contributed by atoms with Gasteiger partial charge in [0, 0.05) is 0 Å². The molecule has 0 fully saturated rings. The fraction of sp³-hybridized carbons (Fsp3) is 0.222. The fourth-order valence-electron chi connectivity index (χ4n) is 1.05. The van der Waals surface area contributed by atoms with Crippen molar-refractivity contribution < 1.29 is 9.53 Å². The Labute approximate surface area is 85.8 Å². The number of aryl methyl sites for hydroxylation is 1. The number of carbonyl (C=O) groups excluding carboxylic acids is 1. The molecule has 0 unspecified atom stereocenters. The summed E-state index contributed by atoms with van der Waals surface area (Å²) in [7, 11) is 1.26. The Morgan fingerprint density at radius 1 is 1.50 bits per heavy atom. The van der Waals surface area contributed by atoms with Crippen molar-refractivity contribution in [1.29, 1.82) is 0 Å². The van der Waals surface area contributed by atoms with Gasteiger partial charge in [-0.25, -0.2) is 4.79 Å². The number of nitrogens with zero attached hydrogens (tertiary/aromatic N) is 1. The highest BCUT2D eigenvalue weighted by Crippen LogP contribution is 2.29. The van der Waals surface area contributed by atoms with Crippen LogP contribution in [0.1, 0.15) is 15.9 Å². The quantitative estimate of drug-likeness (QED) is 0.561. The molecule has 0 aliphatic heterocycles. The number of hydrogen-bond donors (Lipinski definition) is 0. The minimum atomic E-state index is -0.519. The smallest absolute Gasteiger partial charge is 0.337 e. The summed E-state index contributed by atoms with van der Waals surface area (Å²) >= 11 is 5.77. The number of rotatable bonds is 2. The molecule has 1 rings (SSSR count). The molecule has 0 saturated carbocycles. The Morgan fingerprint density at radius 2 is 2.14 bits per heavy atom. The van der Waals surface area contributed by atoms with Crippen LogP contribution < -0.4 is 0 Å². The van der Waals surface area contributed by atoms with E-state index in [1.807, 2.05) is 0 Å². The lowest BCUT2D eigenvalue weighted by atomic mass is 10.1. The highest BCUT2D eigenvalue weighted by Gasteiger charge is 2.11. The second kappa shape index (κ2) is 4.19. The first kappa shape index (κ1) is 10.7. The standard InChI is InChI=1S/C9H8ClNO3/c1-5-3-6(9(12)14-2)4-7(11-13)8(5)10/h3-4H,1-2H3. The number of benzene rings is 1. The molecule has 0 bridgehead atoms. The number of nitroso groups, excluding NO2 is 1. The molecule has 0 aliphatic carbocycles. The van der Waals surface area contributed by atoms with E-state index in [9.17, 15) is 9.70 Å². The topological polar surface area (TPSA) is 55.7 Å². The maximum Gasteiger partial charge on any atom is 0.337 e. The first-order valence-corrected chi connectivity index (χ1v) is 4.19. The van der Waals surface area contributed by atoms with E-state index in [1.165, 1.54) is 13.2 Å². The van der Waals surface area contributed by atoms with E-state index < -0.39 is 5.97 Å². The summed E-state index contributed by atoms with van der Waals surface area (Å²) in [6.07, 6.45) is 0. The van der Waals surface area contributed by atoms with E-state index in [1.54, 1.807) is 13.0 Å². The lowest BCUT2D eigenvalue weighted by Gasteiger charge is -2.03. The van der Waals surface area contributed by atoms with E-state index in [0.717, 1.165) is 0 Å². The highest BCUT2D eigenvalue weighted by atomic mass is 35.5. The van der Waals surface area contributed by atoms with Crippen molar-refractivity contribution in [1.82, 2.24) is 0 Å². The zero-order valence-electron chi connectivity index (χ0n) is 7.70. The Balaban J connectivity index is 3.29. The van der Waals surface area contributed by atoms with Gasteiger partial charge in [-0.2, -0.15) is 0 Å². The molecule has 0 saturated heterocycles. The van der Waals surface area contributed by atoms with Crippen molar-refractivity contribution in [2.45, 2.75) is 6.92 Å². The number of hydrogen-bond acceptors (Lipinski definition) is 4. The van der Waals surface area contributed by atoms with E-state index in [4.69, 9.17) is 11.6 Å². The third-order valence-electron chi connectivity index (χ3n) is 1.75. The van der Waals surface area contributed by atoms with Crippen LogP contribution in [0, 0.1) is 11.8 Å².